The molecule has 0 spiro atoms. The second kappa shape index (κ2) is 30.3. The Morgan fingerprint density at radius 2 is 1.60 bits per heavy atom. The summed E-state index contributed by atoms with van der Waals surface area (Å²) in [7, 11) is 0. The number of aryl methyl sites for hydroxylation is 2. The number of unbranched alkanes of at least 4 members (excludes halogenated alkanes) is 2. The van der Waals surface area contributed by atoms with Gasteiger partial charge in [-0.1, -0.05) is 48.1 Å². The summed E-state index contributed by atoms with van der Waals surface area (Å²) in [6.07, 6.45) is 6.91. The number of rotatable bonds is 27. The van der Waals surface area contributed by atoms with Crippen LogP contribution in [0.2, 0.25) is 0 Å². The summed E-state index contributed by atoms with van der Waals surface area (Å²) in [5, 5.41) is 26.0. The fourth-order valence-corrected chi connectivity index (χ4v) is 5.39. The number of Topliss-reactive ketones (excluding diaryl/α,β-unsaturated/α-hetero) is 1. The van der Waals surface area contributed by atoms with Gasteiger partial charge in [-0.3, -0.25) is 14.4 Å². The fourth-order valence-electron chi connectivity index (χ4n) is 5.12. The Morgan fingerprint density at radius 1 is 0.880 bits per heavy atom. The summed E-state index contributed by atoms with van der Waals surface area (Å²) in [6.45, 7) is 6.39. The molecule has 14 heteroatoms. The SMILES string of the molecule is CCCC(=O)CCc1cc(CCCOCCOCCOCCNC(=O)CCCCCNC(=O)CI)ccc1O[C@H]1[CH-][C@@H](O)[C@H](O)CCCO1.[Mo]. The summed E-state index contributed by atoms with van der Waals surface area (Å²) < 4.78 is 29.2. The van der Waals surface area contributed by atoms with Crippen molar-refractivity contribution in [2.75, 3.05) is 63.8 Å². The molecular weight excluding hydrogens is 843 g/mol. The fraction of sp³-hybridized carbons (Fsp3) is 0.722. The predicted molar refractivity (Wildman–Crippen MR) is 195 cm³/mol. The largest absolute Gasteiger partial charge is 0.495 e. The van der Waals surface area contributed by atoms with Crippen LogP contribution in [0, 0.1) is 6.42 Å². The quantitative estimate of drug-likeness (QED) is 0.0338. The first-order chi connectivity index (χ1) is 23.8. The summed E-state index contributed by atoms with van der Waals surface area (Å²) in [4.78, 5) is 35.3. The molecule has 286 valence electrons. The van der Waals surface area contributed by atoms with Crippen LogP contribution in [0.15, 0.2) is 18.2 Å². The van der Waals surface area contributed by atoms with Crippen molar-refractivity contribution < 1.29 is 69.3 Å². The molecule has 1 aliphatic rings. The van der Waals surface area contributed by atoms with E-state index in [1.165, 1.54) is 6.42 Å². The van der Waals surface area contributed by atoms with Crippen molar-refractivity contribution in [1.82, 2.24) is 10.6 Å². The average Bonchev–Trinajstić information content (AvgIpc) is 3.09. The van der Waals surface area contributed by atoms with Gasteiger partial charge in [-0.2, -0.15) is 0 Å². The zero-order valence-electron chi connectivity index (χ0n) is 29.5. The maximum absolute atomic E-state index is 12.3. The molecule has 0 saturated carbocycles. The van der Waals surface area contributed by atoms with Crippen molar-refractivity contribution in [2.45, 2.75) is 102 Å². The molecular formula is C36H58IMoN2O10-. The Morgan fingerprint density at radius 3 is 2.34 bits per heavy atom. The third kappa shape index (κ3) is 22.7. The topological polar surface area (TPSA) is 162 Å². The Labute approximate surface area is 326 Å². The second-order valence-corrected chi connectivity index (χ2v) is 12.8. The monoisotopic (exact) mass is 903 g/mol. The van der Waals surface area contributed by atoms with Crippen molar-refractivity contribution in [3.05, 3.63) is 35.7 Å². The molecule has 1 aromatic carbocycles. The molecule has 1 heterocycles. The maximum Gasteiger partial charge on any atom is 0.229 e. The molecule has 3 atom stereocenters. The van der Waals surface area contributed by atoms with Gasteiger partial charge in [-0.15, -0.1) is 0 Å². The zero-order chi connectivity index (χ0) is 35.5. The Balaban J connectivity index is 0.0000125. The third-order valence-electron chi connectivity index (χ3n) is 7.84. The molecule has 2 rings (SSSR count). The van der Waals surface area contributed by atoms with Gasteiger partial charge in [0.2, 0.25) is 11.8 Å². The van der Waals surface area contributed by atoms with Crippen LogP contribution in [-0.2, 0) is 67.2 Å². The first-order valence-electron chi connectivity index (χ1n) is 17.8. The van der Waals surface area contributed by atoms with Crippen LogP contribution >= 0.6 is 22.6 Å². The van der Waals surface area contributed by atoms with Crippen molar-refractivity contribution in [3.63, 3.8) is 0 Å². The van der Waals surface area contributed by atoms with Gasteiger partial charge >= 0.3 is 0 Å². The number of hydrogen-bond acceptors (Lipinski definition) is 10. The number of carbonyl (C=O) groups excluding carboxylic acids is 3. The molecule has 50 heavy (non-hydrogen) atoms. The number of alkyl halides is 1. The molecule has 2 amide bonds. The number of aliphatic hydroxyl groups excluding tert-OH is 2. The number of amides is 2. The van der Waals surface area contributed by atoms with Gasteiger partial charge in [-0.25, -0.2) is 6.42 Å². The van der Waals surface area contributed by atoms with Crippen molar-refractivity contribution >= 4 is 40.2 Å². The molecule has 1 aliphatic heterocycles. The first-order valence-corrected chi connectivity index (χ1v) is 19.3. The number of carbonyl (C=O) groups is 3. The van der Waals surface area contributed by atoms with Crippen molar-refractivity contribution in [3.8, 4) is 5.75 Å². The van der Waals surface area contributed by atoms with Crippen molar-refractivity contribution in [2.24, 2.45) is 0 Å². The minimum Gasteiger partial charge on any atom is -0.495 e. The van der Waals surface area contributed by atoms with E-state index in [-0.39, 0.29) is 38.7 Å². The van der Waals surface area contributed by atoms with Crippen LogP contribution in [0.4, 0.5) is 0 Å². The maximum atomic E-state index is 12.3. The van der Waals surface area contributed by atoms with Gasteiger partial charge in [-0.05, 0) is 74.7 Å². The molecule has 0 bridgehead atoms. The summed E-state index contributed by atoms with van der Waals surface area (Å²) in [5.41, 5.74) is 2.03. The van der Waals surface area contributed by atoms with E-state index in [1.807, 2.05) is 41.6 Å². The molecule has 1 fully saturated rings. The smallest absolute Gasteiger partial charge is 0.229 e. The van der Waals surface area contributed by atoms with Gasteiger partial charge < -0.3 is 44.5 Å². The average molecular weight is 902 g/mol. The summed E-state index contributed by atoms with van der Waals surface area (Å²) >= 11 is 2.03. The molecule has 0 unspecified atom stereocenters. The van der Waals surface area contributed by atoms with Crippen LogP contribution in [0.1, 0.15) is 82.3 Å². The van der Waals surface area contributed by atoms with Gasteiger partial charge in [0.1, 0.15) is 11.5 Å². The number of ether oxygens (including phenoxy) is 5. The second-order valence-electron chi connectivity index (χ2n) is 12.1. The Bertz CT molecular complexity index is 1070. The first kappa shape index (κ1) is 46.8. The minimum atomic E-state index is -1.04. The predicted octanol–water partition coefficient (Wildman–Crippen LogP) is 3.64. The molecule has 1 saturated heterocycles. The van der Waals surface area contributed by atoms with Gasteiger partial charge in [0.05, 0.1) is 49.9 Å². The van der Waals surface area contributed by atoms with E-state index in [2.05, 4.69) is 16.7 Å². The third-order valence-corrected chi connectivity index (χ3v) is 8.53. The van der Waals surface area contributed by atoms with E-state index >= 15 is 0 Å². The number of halogens is 1. The van der Waals surface area contributed by atoms with E-state index in [0.29, 0.717) is 108 Å². The van der Waals surface area contributed by atoms with Crippen molar-refractivity contribution in [1.29, 1.82) is 0 Å². The van der Waals surface area contributed by atoms with Gasteiger partial charge in [0.25, 0.3) is 0 Å². The Kier molecular flexibility index (Phi) is 28.4. The molecule has 4 N–H and O–H groups in total. The molecule has 12 nitrogen and oxygen atoms in total. The summed E-state index contributed by atoms with van der Waals surface area (Å²) in [6, 6.07) is 5.95. The van der Waals surface area contributed by atoms with Crippen LogP contribution in [-0.4, -0.2) is 110 Å². The minimum absolute atomic E-state index is 0. The number of benzene rings is 1. The van der Waals surface area contributed by atoms with E-state index in [1.54, 1.807) is 0 Å². The zero-order valence-corrected chi connectivity index (χ0v) is 33.7. The number of nitrogens with one attached hydrogen (secondary N) is 2. The van der Waals surface area contributed by atoms with Crippen LogP contribution in [0.25, 0.3) is 0 Å². The molecule has 0 aromatic heterocycles. The number of hydrogen-bond donors (Lipinski definition) is 4. The molecule has 0 aliphatic carbocycles. The molecule has 0 radical (unpaired) electrons. The van der Waals surface area contributed by atoms with E-state index in [4.69, 9.17) is 23.7 Å². The molecule has 1 aromatic rings. The standard InChI is InChI=1S/C36H58IN2O10.Mo/c1-2-8-30(40)14-13-29-25-28(12-15-33(29)49-36-26-32(42)31(41)10-7-19-48-36)9-6-18-45-21-23-47-24-22-46-20-17-39-34(43)11-4-3-5-16-38-35(44)27-37;/h12,15,25-26,31-32,36,41-42H,2-11,13-14,16-24,27H2,1H3,(H,38,44)(H,39,43);/q-1;/t31-,32-,36+;/m1./s1. The van der Waals surface area contributed by atoms with Crippen LogP contribution in [0.5, 0.6) is 5.75 Å². The van der Waals surface area contributed by atoms with E-state index in [9.17, 15) is 24.6 Å². The van der Waals surface area contributed by atoms with Crippen LogP contribution in [0.3, 0.4) is 0 Å². The van der Waals surface area contributed by atoms with Gasteiger partial charge in [0.15, 0.2) is 0 Å². The summed E-state index contributed by atoms with van der Waals surface area (Å²) in [5.74, 6) is 0.877. The van der Waals surface area contributed by atoms with Crippen LogP contribution < -0.4 is 15.4 Å². The van der Waals surface area contributed by atoms with Gasteiger partial charge in [0, 0.05) is 66.6 Å². The normalized spacial score (nSPS) is 17.6. The number of ketones is 1. The Hall–Kier alpha value is -1.19. The van der Waals surface area contributed by atoms with E-state index in [0.717, 1.165) is 49.7 Å². The van der Waals surface area contributed by atoms with E-state index < -0.39 is 18.5 Å². The number of aliphatic hydroxyl groups is 2.